The molecule has 0 aliphatic carbocycles. The number of rotatable bonds is 2. The van der Waals surface area contributed by atoms with Crippen molar-refractivity contribution in [1.29, 1.82) is 0 Å². The van der Waals surface area contributed by atoms with E-state index in [2.05, 4.69) is 11.5 Å². The highest BCUT2D eigenvalue weighted by atomic mass is 19.3. The summed E-state index contributed by atoms with van der Waals surface area (Å²) < 4.78 is 10.7. The normalized spacial score (nSPS) is 6.62. The van der Waals surface area contributed by atoms with Gasteiger partial charge in [-0.3, -0.25) is 4.94 Å². The third-order valence-corrected chi connectivity index (χ3v) is 0.397. The van der Waals surface area contributed by atoms with Crippen LogP contribution >= 0.6 is 0 Å². The molecule has 3 N–H and O–H groups in total. The lowest BCUT2D eigenvalue weighted by Crippen LogP contribution is -1.92. The topological polar surface area (TPSA) is 61.3 Å². The van der Waals surface area contributed by atoms with Crippen molar-refractivity contribution in [3.63, 3.8) is 0 Å². The van der Waals surface area contributed by atoms with Gasteiger partial charge in [-0.05, 0) is 0 Å². The van der Waals surface area contributed by atoms with E-state index in [-0.39, 0.29) is 12.6 Å². The molecule has 0 rings (SSSR count). The second-order valence-corrected chi connectivity index (χ2v) is 0.942. The smallest absolute Gasteiger partial charge is 0.344 e. The minimum Gasteiger partial charge on any atom is -0.344 e. The molecule has 0 spiro atoms. The molecule has 0 aromatic carbocycles. The van der Waals surface area contributed by atoms with Gasteiger partial charge in [-0.25, -0.2) is 4.79 Å². The predicted molar refractivity (Wildman–Crippen MR) is 27.0 cm³/mol. The largest absolute Gasteiger partial charge is 0.352 e. The van der Waals surface area contributed by atoms with Gasteiger partial charge < -0.3 is 6.15 Å². The van der Waals surface area contributed by atoms with Gasteiger partial charge in [-0.1, -0.05) is 6.08 Å². The van der Waals surface area contributed by atoms with Gasteiger partial charge in [0, 0.05) is 4.53 Å². The Morgan fingerprint density at radius 3 is 2.50 bits per heavy atom. The minimum atomic E-state index is -0.907. The summed E-state index contributed by atoms with van der Waals surface area (Å²) in [6.07, 6.45) is 1.19. The Bertz CT molecular complexity index is 84.1. The number of carbonyl (C=O) groups excluding carboxylic acids is 1. The summed E-state index contributed by atoms with van der Waals surface area (Å²) in [5.74, 6) is -0.907. The van der Waals surface area contributed by atoms with Crippen molar-refractivity contribution in [3.8, 4) is 0 Å². The van der Waals surface area contributed by atoms with E-state index in [1.54, 1.807) is 0 Å². The van der Waals surface area contributed by atoms with E-state index >= 15 is 0 Å². The average molecular weight is 121 g/mol. The molecule has 0 aliphatic heterocycles. The van der Waals surface area contributed by atoms with Crippen LogP contribution in [-0.2, 0) is 9.74 Å². The molecule has 0 saturated heterocycles. The maximum Gasteiger partial charge on any atom is 0.352 e. The maximum atomic E-state index is 10.7. The molecule has 0 aromatic heterocycles. The third-order valence-electron chi connectivity index (χ3n) is 0.397. The Morgan fingerprint density at radius 1 is 1.88 bits per heavy atom. The lowest BCUT2D eigenvalue weighted by Gasteiger charge is -1.81. The van der Waals surface area contributed by atoms with Crippen molar-refractivity contribution >= 4 is 5.97 Å². The van der Waals surface area contributed by atoms with E-state index < -0.39 is 5.97 Å². The summed E-state index contributed by atoms with van der Waals surface area (Å²) in [5, 5.41) is 0. The lowest BCUT2D eigenvalue weighted by atomic mass is 10.4. The Hall–Kier alpha value is -0.900. The van der Waals surface area contributed by atoms with Crippen molar-refractivity contribution in [2.75, 3.05) is 0 Å². The summed E-state index contributed by atoms with van der Waals surface area (Å²) in [4.78, 5) is 12.5. The SMILES string of the molecule is C=CCC(=O)OF.N. The van der Waals surface area contributed by atoms with Gasteiger partial charge in [0.05, 0.1) is 6.42 Å². The number of carbonyl (C=O) groups is 1. The van der Waals surface area contributed by atoms with Crippen LogP contribution in [0.4, 0.5) is 4.53 Å². The van der Waals surface area contributed by atoms with Gasteiger partial charge in [0.25, 0.3) is 0 Å². The Labute approximate surface area is 46.6 Å². The first-order valence-corrected chi connectivity index (χ1v) is 1.73. The first-order chi connectivity index (χ1) is 3.31. The molecule has 48 valence electrons. The first kappa shape index (κ1) is 10.2. The van der Waals surface area contributed by atoms with Crippen LogP contribution in [-0.4, -0.2) is 5.97 Å². The van der Waals surface area contributed by atoms with E-state index in [0.29, 0.717) is 0 Å². The molecule has 8 heavy (non-hydrogen) atoms. The fourth-order valence-corrected chi connectivity index (χ4v) is 0.149. The molecule has 3 nitrogen and oxygen atoms in total. The lowest BCUT2D eigenvalue weighted by molar-refractivity contribution is -0.182. The Balaban J connectivity index is 0. The van der Waals surface area contributed by atoms with Crippen molar-refractivity contribution in [2.24, 2.45) is 0 Å². The minimum absolute atomic E-state index is 0. The van der Waals surface area contributed by atoms with Crippen LogP contribution in [0.3, 0.4) is 0 Å². The molecule has 0 unspecified atom stereocenters. The number of hydrogen-bond donors (Lipinski definition) is 1. The first-order valence-electron chi connectivity index (χ1n) is 1.73. The molecular weight excluding hydrogens is 113 g/mol. The van der Waals surface area contributed by atoms with Crippen LogP contribution in [0.5, 0.6) is 0 Å². The van der Waals surface area contributed by atoms with Crippen LogP contribution in [0.2, 0.25) is 0 Å². The molecule has 0 amide bonds. The van der Waals surface area contributed by atoms with Crippen LogP contribution in [0.15, 0.2) is 12.7 Å². The number of hydrogen-bond acceptors (Lipinski definition) is 3. The average Bonchev–Trinajstić information content (AvgIpc) is 1.68. The highest BCUT2D eigenvalue weighted by molar-refractivity contribution is 5.70. The van der Waals surface area contributed by atoms with Gasteiger partial charge in [-0.2, -0.15) is 0 Å². The highest BCUT2D eigenvalue weighted by Gasteiger charge is 1.94. The van der Waals surface area contributed by atoms with Crippen molar-refractivity contribution in [1.82, 2.24) is 6.15 Å². The monoisotopic (exact) mass is 121 g/mol. The van der Waals surface area contributed by atoms with Crippen molar-refractivity contribution < 1.29 is 14.3 Å². The van der Waals surface area contributed by atoms with E-state index in [4.69, 9.17) is 0 Å². The summed E-state index contributed by atoms with van der Waals surface area (Å²) in [6.45, 7) is 3.18. The van der Waals surface area contributed by atoms with E-state index in [0.717, 1.165) is 0 Å². The molecular formula is C4H8FNO2. The number of halogens is 1. The Kier molecular flexibility index (Phi) is 7.74. The zero-order valence-corrected chi connectivity index (χ0v) is 4.39. The fraction of sp³-hybridized carbons (Fsp3) is 0.250. The van der Waals surface area contributed by atoms with E-state index in [9.17, 15) is 9.32 Å². The molecule has 0 bridgehead atoms. The molecule has 0 heterocycles. The molecule has 0 fully saturated rings. The standard InChI is InChI=1S/C4H5FO2.H3N/c1-2-3-4(6)7-5;/h2H,1,3H2;1H3. The van der Waals surface area contributed by atoms with Crippen LogP contribution in [0.25, 0.3) is 0 Å². The van der Waals surface area contributed by atoms with Gasteiger partial charge in [0.1, 0.15) is 0 Å². The molecule has 0 aliphatic rings. The highest BCUT2D eigenvalue weighted by Crippen LogP contribution is 1.84. The molecule has 0 saturated carbocycles. The molecule has 0 radical (unpaired) electrons. The summed E-state index contributed by atoms with van der Waals surface area (Å²) in [7, 11) is 0. The Morgan fingerprint density at radius 2 is 2.38 bits per heavy atom. The van der Waals surface area contributed by atoms with Crippen molar-refractivity contribution in [2.45, 2.75) is 6.42 Å². The summed E-state index contributed by atoms with van der Waals surface area (Å²) in [6, 6.07) is 0. The van der Waals surface area contributed by atoms with Gasteiger partial charge in [-0.15, -0.1) is 6.58 Å². The van der Waals surface area contributed by atoms with Crippen LogP contribution in [0, 0.1) is 0 Å². The second kappa shape index (κ2) is 6.10. The molecule has 0 aromatic rings. The maximum absolute atomic E-state index is 10.7. The fourth-order valence-electron chi connectivity index (χ4n) is 0.149. The quantitative estimate of drug-likeness (QED) is 0.557. The third kappa shape index (κ3) is 5.10. The summed E-state index contributed by atoms with van der Waals surface area (Å²) in [5.41, 5.74) is 0. The van der Waals surface area contributed by atoms with Crippen LogP contribution < -0.4 is 6.15 Å². The van der Waals surface area contributed by atoms with Gasteiger partial charge in [0.2, 0.25) is 0 Å². The van der Waals surface area contributed by atoms with Gasteiger partial charge >= 0.3 is 5.97 Å². The summed E-state index contributed by atoms with van der Waals surface area (Å²) >= 11 is 0. The molecule has 0 atom stereocenters. The van der Waals surface area contributed by atoms with Gasteiger partial charge in [0.15, 0.2) is 0 Å². The zero-order chi connectivity index (χ0) is 5.70. The molecule has 4 heteroatoms. The van der Waals surface area contributed by atoms with E-state index in [1.807, 2.05) is 0 Å². The predicted octanol–water partition coefficient (Wildman–Crippen LogP) is 1.15. The zero-order valence-electron chi connectivity index (χ0n) is 4.39. The van der Waals surface area contributed by atoms with E-state index in [1.165, 1.54) is 6.08 Å². The van der Waals surface area contributed by atoms with Crippen molar-refractivity contribution in [3.05, 3.63) is 12.7 Å². The van der Waals surface area contributed by atoms with Crippen LogP contribution in [0.1, 0.15) is 6.42 Å². The second-order valence-electron chi connectivity index (χ2n) is 0.942.